The van der Waals surface area contributed by atoms with Crippen LogP contribution in [0.1, 0.15) is 17.3 Å². The summed E-state index contributed by atoms with van der Waals surface area (Å²) in [6, 6.07) is 1.66. The molecule has 0 atom stereocenters. The average molecular weight is 144 g/mol. The Hall–Kier alpha value is -0.760. The maximum atomic E-state index is 10.6. The number of hydrogen-bond acceptors (Lipinski definition) is 1. The summed E-state index contributed by atoms with van der Waals surface area (Å²) >= 11 is 5.56. The summed E-state index contributed by atoms with van der Waals surface area (Å²) in [6.45, 7) is 1.48. The van der Waals surface area contributed by atoms with Crippen molar-refractivity contribution in [2.45, 2.75) is 6.92 Å². The molecule has 1 N–H and O–H groups in total. The summed E-state index contributed by atoms with van der Waals surface area (Å²) < 4.78 is 0. The number of H-pyrrole nitrogens is 1. The molecule has 1 heterocycles. The normalized spacial score (nSPS) is 9.56. The van der Waals surface area contributed by atoms with Crippen LogP contribution in [0, 0.1) is 0 Å². The van der Waals surface area contributed by atoms with E-state index >= 15 is 0 Å². The minimum absolute atomic E-state index is 0.0127. The predicted octanol–water partition coefficient (Wildman–Crippen LogP) is 1.87. The highest BCUT2D eigenvalue weighted by atomic mass is 35.5. The fourth-order valence-corrected chi connectivity index (χ4v) is 0.880. The molecular weight excluding hydrogens is 138 g/mol. The number of carbonyl (C=O) groups is 1. The summed E-state index contributed by atoms with van der Waals surface area (Å²) in [5.74, 6) is -0.0127. The lowest BCUT2D eigenvalue weighted by molar-refractivity contribution is 0.101. The lowest BCUT2D eigenvalue weighted by atomic mass is 10.2. The van der Waals surface area contributed by atoms with Crippen LogP contribution in [-0.2, 0) is 0 Å². The first-order valence-electron chi connectivity index (χ1n) is 2.55. The Morgan fingerprint density at radius 1 is 1.78 bits per heavy atom. The Bertz CT molecular complexity index is 229. The van der Waals surface area contributed by atoms with Gasteiger partial charge in [0.1, 0.15) is 5.15 Å². The van der Waals surface area contributed by atoms with Gasteiger partial charge in [-0.2, -0.15) is 0 Å². The monoisotopic (exact) mass is 143 g/mol. The van der Waals surface area contributed by atoms with E-state index in [1.807, 2.05) is 0 Å². The number of rotatable bonds is 1. The van der Waals surface area contributed by atoms with Gasteiger partial charge in [-0.1, -0.05) is 11.6 Å². The quantitative estimate of drug-likeness (QED) is 0.599. The zero-order chi connectivity index (χ0) is 6.85. The van der Waals surface area contributed by atoms with Crippen molar-refractivity contribution in [3.63, 3.8) is 0 Å². The summed E-state index contributed by atoms with van der Waals surface area (Å²) in [6.07, 6.45) is 1.64. The van der Waals surface area contributed by atoms with Crippen molar-refractivity contribution in [3.05, 3.63) is 23.0 Å². The van der Waals surface area contributed by atoms with E-state index in [2.05, 4.69) is 4.98 Å². The average Bonchev–Trinajstić information content (AvgIpc) is 2.13. The molecule has 3 heteroatoms. The third-order valence-corrected chi connectivity index (χ3v) is 1.39. The number of aromatic nitrogens is 1. The van der Waals surface area contributed by atoms with Gasteiger partial charge in [-0.3, -0.25) is 4.79 Å². The highest BCUT2D eigenvalue weighted by Gasteiger charge is 2.03. The number of nitrogens with one attached hydrogen (secondary N) is 1. The second-order valence-electron chi connectivity index (χ2n) is 1.76. The number of carbonyl (C=O) groups excluding carboxylic acids is 1. The van der Waals surface area contributed by atoms with Gasteiger partial charge in [0.2, 0.25) is 0 Å². The number of aromatic amines is 1. The standard InChI is InChI=1S/C6H6ClNO/c1-4(9)5-2-3-8-6(5)7/h2-3,8H,1H3. The van der Waals surface area contributed by atoms with Gasteiger partial charge in [0.25, 0.3) is 0 Å². The summed E-state index contributed by atoms with van der Waals surface area (Å²) in [4.78, 5) is 13.3. The second-order valence-corrected chi connectivity index (χ2v) is 2.14. The van der Waals surface area contributed by atoms with Crippen molar-refractivity contribution in [1.82, 2.24) is 4.98 Å². The minimum Gasteiger partial charge on any atom is -0.352 e. The van der Waals surface area contributed by atoms with E-state index < -0.39 is 0 Å². The van der Waals surface area contributed by atoms with Crippen LogP contribution in [0.5, 0.6) is 0 Å². The summed E-state index contributed by atoms with van der Waals surface area (Å²) in [5.41, 5.74) is 0.552. The molecule has 9 heavy (non-hydrogen) atoms. The maximum absolute atomic E-state index is 10.6. The van der Waals surface area contributed by atoms with Crippen LogP contribution in [0.25, 0.3) is 0 Å². The predicted molar refractivity (Wildman–Crippen MR) is 35.8 cm³/mol. The van der Waals surface area contributed by atoms with Crippen LogP contribution in [-0.4, -0.2) is 10.8 Å². The van der Waals surface area contributed by atoms with Gasteiger partial charge in [0.05, 0.1) is 5.56 Å². The van der Waals surface area contributed by atoms with E-state index in [-0.39, 0.29) is 5.78 Å². The first-order chi connectivity index (χ1) is 4.22. The molecule has 1 rings (SSSR count). The molecule has 0 aliphatic rings. The van der Waals surface area contributed by atoms with E-state index in [0.29, 0.717) is 10.7 Å². The molecule has 0 aromatic carbocycles. The Kier molecular flexibility index (Phi) is 1.58. The highest BCUT2D eigenvalue weighted by Crippen LogP contribution is 2.12. The molecule has 0 amide bonds. The molecule has 2 nitrogen and oxygen atoms in total. The topological polar surface area (TPSA) is 32.9 Å². The Balaban J connectivity index is 3.08. The Morgan fingerprint density at radius 3 is 2.67 bits per heavy atom. The molecule has 0 saturated carbocycles. The number of ketones is 1. The van der Waals surface area contributed by atoms with Gasteiger partial charge >= 0.3 is 0 Å². The lowest BCUT2D eigenvalue weighted by Crippen LogP contribution is -1.88. The third kappa shape index (κ3) is 1.13. The van der Waals surface area contributed by atoms with Crippen LogP contribution in [0.3, 0.4) is 0 Å². The van der Waals surface area contributed by atoms with E-state index in [4.69, 9.17) is 11.6 Å². The Morgan fingerprint density at radius 2 is 2.44 bits per heavy atom. The van der Waals surface area contributed by atoms with Crippen molar-refractivity contribution >= 4 is 17.4 Å². The minimum atomic E-state index is -0.0127. The smallest absolute Gasteiger partial charge is 0.162 e. The number of hydrogen-bond donors (Lipinski definition) is 1. The third-order valence-electron chi connectivity index (χ3n) is 1.08. The molecule has 1 aromatic rings. The van der Waals surface area contributed by atoms with Crippen LogP contribution < -0.4 is 0 Å². The molecular formula is C6H6ClNO. The summed E-state index contributed by atoms with van der Waals surface area (Å²) in [7, 11) is 0. The maximum Gasteiger partial charge on any atom is 0.162 e. The van der Waals surface area contributed by atoms with Crippen molar-refractivity contribution < 1.29 is 4.79 Å². The zero-order valence-electron chi connectivity index (χ0n) is 4.94. The first-order valence-corrected chi connectivity index (χ1v) is 2.93. The van der Waals surface area contributed by atoms with Crippen LogP contribution >= 0.6 is 11.6 Å². The van der Waals surface area contributed by atoms with E-state index in [0.717, 1.165) is 0 Å². The highest BCUT2D eigenvalue weighted by molar-refractivity contribution is 6.32. The second kappa shape index (κ2) is 2.23. The molecule has 0 fully saturated rings. The van der Waals surface area contributed by atoms with E-state index in [9.17, 15) is 4.79 Å². The SMILES string of the molecule is CC(=O)c1cc[nH]c1Cl. The van der Waals surface area contributed by atoms with Crippen LogP contribution in [0.4, 0.5) is 0 Å². The van der Waals surface area contributed by atoms with Gasteiger partial charge in [-0.05, 0) is 13.0 Å². The van der Waals surface area contributed by atoms with Gasteiger partial charge in [-0.25, -0.2) is 0 Å². The van der Waals surface area contributed by atoms with Crippen LogP contribution in [0.15, 0.2) is 12.3 Å². The molecule has 0 spiro atoms. The molecule has 0 aliphatic heterocycles. The van der Waals surface area contributed by atoms with Crippen LogP contribution in [0.2, 0.25) is 5.15 Å². The van der Waals surface area contributed by atoms with Gasteiger partial charge in [-0.15, -0.1) is 0 Å². The van der Waals surface area contributed by atoms with Gasteiger partial charge in [0, 0.05) is 6.20 Å². The van der Waals surface area contributed by atoms with Crippen molar-refractivity contribution in [1.29, 1.82) is 0 Å². The number of halogens is 1. The van der Waals surface area contributed by atoms with Gasteiger partial charge in [0.15, 0.2) is 5.78 Å². The fourth-order valence-electron chi connectivity index (χ4n) is 0.621. The van der Waals surface area contributed by atoms with Crippen molar-refractivity contribution in [2.75, 3.05) is 0 Å². The zero-order valence-corrected chi connectivity index (χ0v) is 5.70. The van der Waals surface area contributed by atoms with Crippen molar-refractivity contribution in [3.8, 4) is 0 Å². The van der Waals surface area contributed by atoms with E-state index in [1.54, 1.807) is 12.3 Å². The molecule has 48 valence electrons. The molecule has 1 aromatic heterocycles. The lowest BCUT2D eigenvalue weighted by Gasteiger charge is -1.86. The molecule has 0 bridgehead atoms. The first kappa shape index (κ1) is 6.36. The molecule has 0 saturated heterocycles. The number of Topliss-reactive ketones (excluding diaryl/α,β-unsaturated/α-hetero) is 1. The molecule has 0 radical (unpaired) electrons. The molecule has 0 unspecified atom stereocenters. The van der Waals surface area contributed by atoms with Gasteiger partial charge < -0.3 is 4.98 Å². The Labute approximate surface area is 57.8 Å². The fraction of sp³-hybridized carbons (Fsp3) is 0.167. The van der Waals surface area contributed by atoms with Crippen molar-refractivity contribution in [2.24, 2.45) is 0 Å². The summed E-state index contributed by atoms with van der Waals surface area (Å²) in [5, 5.41) is 0.419. The van der Waals surface area contributed by atoms with E-state index in [1.165, 1.54) is 6.92 Å². The molecule has 0 aliphatic carbocycles. The largest absolute Gasteiger partial charge is 0.352 e.